The second kappa shape index (κ2) is 13.3. The van der Waals surface area contributed by atoms with Crippen LogP contribution in [0.3, 0.4) is 0 Å². The van der Waals surface area contributed by atoms with Gasteiger partial charge in [-0.15, -0.1) is 0 Å². The first-order valence-corrected chi connectivity index (χ1v) is 7.11. The molecule has 0 bridgehead atoms. The van der Waals surface area contributed by atoms with Gasteiger partial charge in [-0.05, 0) is 19.3 Å². The molecule has 0 aliphatic carbocycles. The topological polar surface area (TPSA) is 26.3 Å². The second-order valence-corrected chi connectivity index (χ2v) is 4.41. The van der Waals surface area contributed by atoms with Gasteiger partial charge in [0.25, 0.3) is 0 Å². The van der Waals surface area contributed by atoms with Gasteiger partial charge in [0, 0.05) is 6.42 Å². The molecule has 0 N–H and O–H groups in total. The van der Waals surface area contributed by atoms with Crippen molar-refractivity contribution in [3.8, 4) is 0 Å². The number of hydrogen-bond donors (Lipinski definition) is 0. The Hall–Kier alpha value is -0.790. The minimum Gasteiger partial charge on any atom is -0.465 e. The fraction of sp³-hybridized carbons (Fsp3) is 0.800. The predicted molar refractivity (Wildman–Crippen MR) is 73.0 cm³/mol. The zero-order valence-corrected chi connectivity index (χ0v) is 11.5. The van der Waals surface area contributed by atoms with Crippen molar-refractivity contribution < 1.29 is 9.53 Å². The van der Waals surface area contributed by atoms with E-state index in [0.717, 1.165) is 25.7 Å². The van der Waals surface area contributed by atoms with Gasteiger partial charge >= 0.3 is 5.97 Å². The number of ether oxygens (including phenoxy) is 1. The number of allylic oxidation sites excluding steroid dienone is 1. The van der Waals surface area contributed by atoms with Crippen molar-refractivity contribution in [3.05, 3.63) is 12.2 Å². The highest BCUT2D eigenvalue weighted by atomic mass is 16.5. The van der Waals surface area contributed by atoms with Crippen LogP contribution in [0.5, 0.6) is 0 Å². The summed E-state index contributed by atoms with van der Waals surface area (Å²) in [5.74, 6) is -0.0367. The van der Waals surface area contributed by atoms with E-state index in [1.54, 1.807) is 0 Å². The average Bonchev–Trinajstić information content (AvgIpc) is 2.33. The summed E-state index contributed by atoms with van der Waals surface area (Å²) in [6, 6.07) is 0. The summed E-state index contributed by atoms with van der Waals surface area (Å²) >= 11 is 0. The van der Waals surface area contributed by atoms with E-state index in [2.05, 4.69) is 26.0 Å². The van der Waals surface area contributed by atoms with Crippen LogP contribution in [0.15, 0.2) is 12.2 Å². The smallest absolute Gasteiger partial charge is 0.305 e. The molecule has 17 heavy (non-hydrogen) atoms. The van der Waals surface area contributed by atoms with Crippen LogP contribution in [-0.4, -0.2) is 12.6 Å². The Morgan fingerprint density at radius 3 is 2.41 bits per heavy atom. The van der Waals surface area contributed by atoms with Crippen molar-refractivity contribution in [3.63, 3.8) is 0 Å². The number of carbonyl (C=O) groups excluding carboxylic acids is 1. The number of esters is 1. The van der Waals surface area contributed by atoms with Crippen molar-refractivity contribution in [1.29, 1.82) is 0 Å². The third-order valence-corrected chi connectivity index (χ3v) is 2.68. The SMILES string of the molecule is CC/C=C\CCOC(=O)CCCCCCCC. The van der Waals surface area contributed by atoms with Gasteiger partial charge in [-0.25, -0.2) is 0 Å². The number of hydrogen-bond acceptors (Lipinski definition) is 2. The Balaban J connectivity index is 3.20. The highest BCUT2D eigenvalue weighted by Gasteiger charge is 2.01. The monoisotopic (exact) mass is 240 g/mol. The lowest BCUT2D eigenvalue weighted by Crippen LogP contribution is -2.04. The Bertz CT molecular complexity index is 197. The largest absolute Gasteiger partial charge is 0.465 e. The highest BCUT2D eigenvalue weighted by Crippen LogP contribution is 2.07. The Kier molecular flexibility index (Phi) is 12.7. The predicted octanol–water partition coefficient (Wildman–Crippen LogP) is 4.64. The maximum Gasteiger partial charge on any atom is 0.305 e. The molecule has 0 amide bonds. The molecule has 100 valence electrons. The molecule has 0 aromatic heterocycles. The van der Waals surface area contributed by atoms with Crippen LogP contribution < -0.4 is 0 Å². The van der Waals surface area contributed by atoms with Gasteiger partial charge in [0.15, 0.2) is 0 Å². The quantitative estimate of drug-likeness (QED) is 0.299. The van der Waals surface area contributed by atoms with Gasteiger partial charge in [0.05, 0.1) is 6.61 Å². The van der Waals surface area contributed by atoms with Crippen LogP contribution in [0.4, 0.5) is 0 Å². The van der Waals surface area contributed by atoms with Crippen LogP contribution in [0.1, 0.15) is 71.6 Å². The fourth-order valence-electron chi connectivity index (χ4n) is 1.65. The van der Waals surface area contributed by atoms with E-state index in [0.29, 0.717) is 13.0 Å². The maximum absolute atomic E-state index is 11.3. The van der Waals surface area contributed by atoms with E-state index in [1.807, 2.05) is 0 Å². The van der Waals surface area contributed by atoms with E-state index >= 15 is 0 Å². The molecule has 2 heteroatoms. The molecule has 0 radical (unpaired) electrons. The molecular formula is C15H28O2. The first-order valence-electron chi connectivity index (χ1n) is 7.11. The van der Waals surface area contributed by atoms with Crippen LogP contribution >= 0.6 is 0 Å². The summed E-state index contributed by atoms with van der Waals surface area (Å²) in [4.78, 5) is 11.3. The standard InChI is InChI=1S/C15H28O2/c1-3-5-7-9-10-11-13-15(16)17-14-12-8-6-4-2/h6,8H,3-5,7,9-14H2,1-2H3/b8-6-. The lowest BCUT2D eigenvalue weighted by atomic mass is 10.1. The molecule has 0 aliphatic heterocycles. The van der Waals surface area contributed by atoms with Crippen LogP contribution in [0, 0.1) is 0 Å². The van der Waals surface area contributed by atoms with Crippen molar-refractivity contribution in [2.24, 2.45) is 0 Å². The van der Waals surface area contributed by atoms with E-state index in [1.165, 1.54) is 25.7 Å². The first-order chi connectivity index (χ1) is 8.31. The molecule has 0 aromatic rings. The Morgan fingerprint density at radius 2 is 1.71 bits per heavy atom. The maximum atomic E-state index is 11.3. The minimum absolute atomic E-state index is 0.0367. The van der Waals surface area contributed by atoms with Gasteiger partial charge in [0.1, 0.15) is 0 Å². The van der Waals surface area contributed by atoms with E-state index in [9.17, 15) is 4.79 Å². The molecular weight excluding hydrogens is 212 g/mol. The third-order valence-electron chi connectivity index (χ3n) is 2.68. The first kappa shape index (κ1) is 16.2. The molecule has 0 heterocycles. The van der Waals surface area contributed by atoms with Gasteiger partial charge in [-0.3, -0.25) is 4.79 Å². The molecule has 0 spiro atoms. The van der Waals surface area contributed by atoms with Gasteiger partial charge in [0.2, 0.25) is 0 Å². The van der Waals surface area contributed by atoms with Crippen LogP contribution in [-0.2, 0) is 9.53 Å². The molecule has 0 rings (SSSR count). The minimum atomic E-state index is -0.0367. The summed E-state index contributed by atoms with van der Waals surface area (Å²) in [7, 11) is 0. The van der Waals surface area contributed by atoms with Crippen LogP contribution in [0.25, 0.3) is 0 Å². The second-order valence-electron chi connectivity index (χ2n) is 4.41. The van der Waals surface area contributed by atoms with Crippen molar-refractivity contribution in [1.82, 2.24) is 0 Å². The lowest BCUT2D eigenvalue weighted by molar-refractivity contribution is -0.143. The molecule has 0 aliphatic rings. The van der Waals surface area contributed by atoms with E-state index < -0.39 is 0 Å². The normalized spacial score (nSPS) is 10.9. The zero-order chi connectivity index (χ0) is 12.8. The molecule has 0 unspecified atom stereocenters. The highest BCUT2D eigenvalue weighted by molar-refractivity contribution is 5.69. The Labute approximate surface area is 106 Å². The third kappa shape index (κ3) is 13.1. The lowest BCUT2D eigenvalue weighted by Gasteiger charge is -2.03. The molecule has 0 atom stereocenters. The van der Waals surface area contributed by atoms with Gasteiger partial charge < -0.3 is 4.74 Å². The van der Waals surface area contributed by atoms with Crippen LogP contribution in [0.2, 0.25) is 0 Å². The van der Waals surface area contributed by atoms with E-state index in [-0.39, 0.29) is 5.97 Å². The number of rotatable bonds is 11. The molecule has 0 fully saturated rings. The number of unbranched alkanes of at least 4 members (excludes halogenated alkanes) is 5. The average molecular weight is 240 g/mol. The van der Waals surface area contributed by atoms with E-state index in [4.69, 9.17) is 4.74 Å². The molecule has 0 saturated carbocycles. The summed E-state index contributed by atoms with van der Waals surface area (Å²) in [6.45, 7) is 4.84. The molecule has 0 saturated heterocycles. The molecule has 2 nitrogen and oxygen atoms in total. The molecule has 0 aromatic carbocycles. The Morgan fingerprint density at radius 1 is 1.00 bits per heavy atom. The van der Waals surface area contributed by atoms with Crippen molar-refractivity contribution in [2.45, 2.75) is 71.6 Å². The summed E-state index contributed by atoms with van der Waals surface area (Å²) in [6.07, 6.45) is 13.9. The zero-order valence-electron chi connectivity index (χ0n) is 11.5. The fourth-order valence-corrected chi connectivity index (χ4v) is 1.65. The van der Waals surface area contributed by atoms with Crippen molar-refractivity contribution in [2.75, 3.05) is 6.61 Å². The van der Waals surface area contributed by atoms with Crippen molar-refractivity contribution >= 4 is 5.97 Å². The van der Waals surface area contributed by atoms with Gasteiger partial charge in [-0.2, -0.15) is 0 Å². The number of carbonyl (C=O) groups is 1. The van der Waals surface area contributed by atoms with Gasteiger partial charge in [-0.1, -0.05) is 58.1 Å². The summed E-state index contributed by atoms with van der Waals surface area (Å²) in [5.41, 5.74) is 0. The summed E-state index contributed by atoms with van der Waals surface area (Å²) in [5, 5.41) is 0. The summed E-state index contributed by atoms with van der Waals surface area (Å²) < 4.78 is 5.13.